The lowest BCUT2D eigenvalue weighted by molar-refractivity contribution is -0.113. The molecule has 110 valence electrons. The number of halogens is 2. The third-order valence-electron chi connectivity index (χ3n) is 3.02. The number of hydrogen-bond acceptors (Lipinski definition) is 4. The number of carbonyl (C=O) groups excluding carboxylic acids is 1. The van der Waals surface area contributed by atoms with Crippen LogP contribution in [-0.4, -0.2) is 26.4 Å². The van der Waals surface area contributed by atoms with Gasteiger partial charge in [-0.25, -0.2) is 8.78 Å². The van der Waals surface area contributed by atoms with Gasteiger partial charge in [0, 0.05) is 17.8 Å². The van der Waals surface area contributed by atoms with E-state index in [-0.39, 0.29) is 17.3 Å². The number of amides is 1. The van der Waals surface area contributed by atoms with Crippen LogP contribution in [-0.2, 0) is 4.79 Å². The van der Waals surface area contributed by atoms with Crippen LogP contribution in [0.5, 0.6) is 0 Å². The van der Waals surface area contributed by atoms with Gasteiger partial charge in [-0.15, -0.1) is 10.2 Å². The van der Waals surface area contributed by atoms with E-state index in [9.17, 15) is 13.6 Å². The summed E-state index contributed by atoms with van der Waals surface area (Å²) in [5, 5.41) is 11.0. The highest BCUT2D eigenvalue weighted by molar-refractivity contribution is 7.99. The zero-order valence-corrected chi connectivity index (χ0v) is 11.7. The van der Waals surface area contributed by atoms with Gasteiger partial charge in [0.25, 0.3) is 0 Å². The van der Waals surface area contributed by atoms with E-state index in [1.807, 2.05) is 4.57 Å². The van der Waals surface area contributed by atoms with E-state index in [1.54, 1.807) is 6.33 Å². The van der Waals surface area contributed by atoms with E-state index >= 15 is 0 Å². The Kier molecular flexibility index (Phi) is 3.87. The van der Waals surface area contributed by atoms with Gasteiger partial charge in [-0.3, -0.25) is 4.79 Å². The van der Waals surface area contributed by atoms with E-state index in [1.165, 1.54) is 17.8 Å². The predicted octanol–water partition coefficient (Wildman–Crippen LogP) is 2.62. The van der Waals surface area contributed by atoms with Crippen molar-refractivity contribution < 1.29 is 13.6 Å². The molecular formula is C13H12F2N4OS. The lowest BCUT2D eigenvalue weighted by atomic mass is 10.3. The molecule has 1 aromatic carbocycles. The van der Waals surface area contributed by atoms with E-state index in [2.05, 4.69) is 15.5 Å². The largest absolute Gasteiger partial charge is 0.325 e. The number of rotatable bonds is 5. The average molecular weight is 310 g/mol. The van der Waals surface area contributed by atoms with Crippen LogP contribution in [0.4, 0.5) is 14.5 Å². The molecular weight excluding hydrogens is 298 g/mol. The summed E-state index contributed by atoms with van der Waals surface area (Å²) in [5.41, 5.74) is 0.225. The molecule has 1 N–H and O–H groups in total. The van der Waals surface area contributed by atoms with Crippen LogP contribution < -0.4 is 5.32 Å². The van der Waals surface area contributed by atoms with Crippen molar-refractivity contribution in [2.24, 2.45) is 0 Å². The summed E-state index contributed by atoms with van der Waals surface area (Å²) in [6.45, 7) is 0. The van der Waals surface area contributed by atoms with Gasteiger partial charge >= 0.3 is 0 Å². The topological polar surface area (TPSA) is 59.8 Å². The fourth-order valence-electron chi connectivity index (χ4n) is 1.84. The van der Waals surface area contributed by atoms with Crippen LogP contribution in [0.25, 0.3) is 0 Å². The van der Waals surface area contributed by atoms with Crippen LogP contribution in [0.1, 0.15) is 18.9 Å². The molecule has 1 amide bonds. The minimum atomic E-state index is -0.992. The fraction of sp³-hybridized carbons (Fsp3) is 0.308. The van der Waals surface area contributed by atoms with Gasteiger partial charge in [0.15, 0.2) is 16.8 Å². The molecule has 21 heavy (non-hydrogen) atoms. The molecule has 8 heteroatoms. The normalized spacial score (nSPS) is 14.2. The number of carbonyl (C=O) groups is 1. The highest BCUT2D eigenvalue weighted by Gasteiger charge is 2.26. The smallest absolute Gasteiger partial charge is 0.234 e. The summed E-state index contributed by atoms with van der Waals surface area (Å²) in [6, 6.07) is 3.68. The molecule has 1 aromatic heterocycles. The van der Waals surface area contributed by atoms with Gasteiger partial charge in [-0.05, 0) is 25.0 Å². The molecule has 0 aliphatic heterocycles. The summed E-state index contributed by atoms with van der Waals surface area (Å²) in [7, 11) is 0. The number of benzene rings is 1. The van der Waals surface area contributed by atoms with Crippen molar-refractivity contribution in [1.29, 1.82) is 0 Å². The second-order valence-corrected chi connectivity index (χ2v) is 5.66. The van der Waals surface area contributed by atoms with E-state index in [4.69, 9.17) is 0 Å². The number of aromatic nitrogens is 3. The van der Waals surface area contributed by atoms with E-state index in [0.29, 0.717) is 11.2 Å². The summed E-state index contributed by atoms with van der Waals surface area (Å²) in [6.07, 6.45) is 3.87. The Morgan fingerprint density at radius 3 is 2.90 bits per heavy atom. The van der Waals surface area contributed by atoms with Gasteiger partial charge in [-0.1, -0.05) is 11.8 Å². The number of hydrogen-bond donors (Lipinski definition) is 1. The van der Waals surface area contributed by atoms with Crippen molar-refractivity contribution in [2.45, 2.75) is 24.0 Å². The highest BCUT2D eigenvalue weighted by Crippen LogP contribution is 2.37. The molecule has 3 rings (SSSR count). The van der Waals surface area contributed by atoms with Crippen LogP contribution >= 0.6 is 11.8 Å². The van der Waals surface area contributed by atoms with Crippen molar-refractivity contribution in [3.63, 3.8) is 0 Å². The minimum Gasteiger partial charge on any atom is -0.325 e. The molecule has 1 saturated carbocycles. The number of nitrogens with one attached hydrogen (secondary N) is 1. The first-order valence-electron chi connectivity index (χ1n) is 6.40. The summed E-state index contributed by atoms with van der Waals surface area (Å²) in [5.74, 6) is -2.12. The Morgan fingerprint density at radius 1 is 1.38 bits per heavy atom. The molecule has 0 atom stereocenters. The van der Waals surface area contributed by atoms with Crippen molar-refractivity contribution in [3.8, 4) is 0 Å². The summed E-state index contributed by atoms with van der Waals surface area (Å²) >= 11 is 1.27. The minimum absolute atomic E-state index is 0.129. The van der Waals surface area contributed by atoms with Gasteiger partial charge in [0.05, 0.1) is 5.75 Å². The van der Waals surface area contributed by atoms with Crippen molar-refractivity contribution in [3.05, 3.63) is 36.2 Å². The molecule has 5 nitrogen and oxygen atoms in total. The first-order valence-corrected chi connectivity index (χ1v) is 7.39. The molecule has 1 aliphatic rings. The van der Waals surface area contributed by atoms with E-state index < -0.39 is 11.6 Å². The standard InChI is InChI=1S/C13H12F2N4OS/c14-10-4-1-8(5-11(10)15)17-12(20)6-21-13-18-16-7-19(13)9-2-3-9/h1,4-5,7,9H,2-3,6H2,(H,17,20). The third kappa shape index (κ3) is 3.38. The summed E-state index contributed by atoms with van der Waals surface area (Å²) in [4.78, 5) is 11.8. The highest BCUT2D eigenvalue weighted by atomic mass is 32.2. The maximum absolute atomic E-state index is 13.0. The van der Waals surface area contributed by atoms with Crippen molar-refractivity contribution in [2.75, 3.05) is 11.1 Å². The first-order chi connectivity index (χ1) is 10.1. The average Bonchev–Trinajstić information content (AvgIpc) is 3.19. The molecule has 0 unspecified atom stereocenters. The first kappa shape index (κ1) is 14.0. The zero-order valence-electron chi connectivity index (χ0n) is 10.9. The van der Waals surface area contributed by atoms with Crippen LogP contribution in [0.3, 0.4) is 0 Å². The number of nitrogens with zero attached hydrogens (tertiary/aromatic N) is 3. The Balaban J connectivity index is 1.56. The van der Waals surface area contributed by atoms with Gasteiger partial charge < -0.3 is 9.88 Å². The lowest BCUT2D eigenvalue weighted by Crippen LogP contribution is -2.14. The van der Waals surface area contributed by atoms with Crippen LogP contribution in [0.2, 0.25) is 0 Å². The fourth-order valence-corrected chi connectivity index (χ4v) is 2.62. The van der Waals surface area contributed by atoms with Crippen molar-refractivity contribution >= 4 is 23.4 Å². The maximum atomic E-state index is 13.0. The monoisotopic (exact) mass is 310 g/mol. The second kappa shape index (κ2) is 5.80. The van der Waals surface area contributed by atoms with Crippen LogP contribution in [0, 0.1) is 11.6 Å². The maximum Gasteiger partial charge on any atom is 0.234 e. The number of anilines is 1. The predicted molar refractivity (Wildman–Crippen MR) is 74.0 cm³/mol. The Hall–Kier alpha value is -1.96. The Bertz CT molecular complexity index is 672. The van der Waals surface area contributed by atoms with Gasteiger partial charge in [0.2, 0.25) is 5.91 Å². The Labute approximate surface area is 123 Å². The third-order valence-corrected chi connectivity index (χ3v) is 3.97. The molecule has 2 aromatic rings. The SMILES string of the molecule is O=C(CSc1nncn1C1CC1)Nc1ccc(F)c(F)c1. The molecule has 0 saturated heterocycles. The molecule has 1 aliphatic carbocycles. The van der Waals surface area contributed by atoms with E-state index in [0.717, 1.165) is 25.0 Å². The van der Waals surface area contributed by atoms with Gasteiger partial charge in [-0.2, -0.15) is 0 Å². The Morgan fingerprint density at radius 2 is 2.19 bits per heavy atom. The molecule has 0 bridgehead atoms. The summed E-state index contributed by atoms with van der Waals surface area (Å²) < 4.78 is 27.8. The lowest BCUT2D eigenvalue weighted by Gasteiger charge is -2.06. The zero-order chi connectivity index (χ0) is 14.8. The molecule has 1 fully saturated rings. The second-order valence-electron chi connectivity index (χ2n) is 4.72. The molecule has 0 spiro atoms. The van der Waals surface area contributed by atoms with Crippen molar-refractivity contribution in [1.82, 2.24) is 14.8 Å². The quantitative estimate of drug-likeness (QED) is 0.863. The molecule has 0 radical (unpaired) electrons. The molecule has 1 heterocycles. The number of thioether (sulfide) groups is 1. The van der Waals surface area contributed by atoms with Gasteiger partial charge in [0.1, 0.15) is 6.33 Å². The van der Waals surface area contributed by atoms with Crippen LogP contribution in [0.15, 0.2) is 29.7 Å².